The monoisotopic (exact) mass is 322 g/mol. The molecule has 0 fully saturated rings. The number of hydrogen-bond acceptors (Lipinski definition) is 4. The molecular weight excluding hydrogens is 305 g/mol. The van der Waals surface area contributed by atoms with E-state index in [1.54, 1.807) is 14.0 Å². The Morgan fingerprint density at radius 3 is 2.48 bits per heavy atom. The quantitative estimate of drug-likeness (QED) is 0.788. The third-order valence-corrected chi connectivity index (χ3v) is 4.16. The van der Waals surface area contributed by atoms with Crippen molar-refractivity contribution in [3.63, 3.8) is 0 Å². The fraction of sp³-hybridized carbons (Fsp3) is 0.538. The number of aromatic nitrogens is 1. The number of carboxylic acids is 1. The summed E-state index contributed by atoms with van der Waals surface area (Å²) >= 11 is 1.24. The summed E-state index contributed by atoms with van der Waals surface area (Å²) in [6.07, 6.45) is -3.31. The van der Waals surface area contributed by atoms with Gasteiger partial charge in [0.1, 0.15) is 5.54 Å². The first kappa shape index (κ1) is 17.8. The molecule has 0 spiro atoms. The molecule has 0 saturated carbocycles. The lowest BCUT2D eigenvalue weighted by atomic mass is 9.96. The van der Waals surface area contributed by atoms with E-state index in [0.717, 1.165) is 12.3 Å². The van der Waals surface area contributed by atoms with Gasteiger partial charge in [0, 0.05) is 11.4 Å². The molecule has 0 saturated heterocycles. The van der Waals surface area contributed by atoms with E-state index in [1.165, 1.54) is 17.8 Å². The van der Waals surface area contributed by atoms with Crippen LogP contribution < -0.4 is 5.32 Å². The summed E-state index contributed by atoms with van der Waals surface area (Å²) in [5.74, 6) is -0.974. The predicted octanol–water partition coefficient (Wildman–Crippen LogP) is 3.03. The number of thioether (sulfide) groups is 1. The van der Waals surface area contributed by atoms with Crippen molar-refractivity contribution in [1.82, 2.24) is 10.3 Å². The van der Waals surface area contributed by atoms with Crippen LogP contribution in [0.4, 0.5) is 13.2 Å². The Labute approximate surface area is 125 Å². The van der Waals surface area contributed by atoms with Gasteiger partial charge in [-0.2, -0.15) is 13.2 Å². The van der Waals surface area contributed by atoms with Crippen molar-refractivity contribution in [3.05, 3.63) is 23.9 Å². The number of aliphatic carboxylic acids is 1. The maximum Gasteiger partial charge on any atom is 0.417 e. The average Bonchev–Trinajstić information content (AvgIpc) is 2.37. The SMILES string of the molecule is CNC(C)(CC(C)Sc1ccc(C(F)(F)F)cn1)C(=O)O. The molecule has 0 amide bonds. The van der Waals surface area contributed by atoms with E-state index < -0.39 is 23.2 Å². The maximum absolute atomic E-state index is 12.4. The van der Waals surface area contributed by atoms with Crippen molar-refractivity contribution in [2.75, 3.05) is 7.05 Å². The Morgan fingerprint density at radius 2 is 2.10 bits per heavy atom. The number of carboxylic acid groups (broad SMARTS) is 1. The lowest BCUT2D eigenvalue weighted by molar-refractivity contribution is -0.144. The lowest BCUT2D eigenvalue weighted by Crippen LogP contribution is -2.49. The minimum absolute atomic E-state index is 0.122. The molecule has 2 N–H and O–H groups in total. The van der Waals surface area contributed by atoms with Crippen LogP contribution in [0.1, 0.15) is 25.8 Å². The molecule has 118 valence electrons. The standard InChI is InChI=1S/C13H17F3N2O2S/c1-8(6-12(2,17-3)11(19)20)21-10-5-4-9(7-18-10)13(14,15)16/h4-5,7-8,17H,6H2,1-3H3,(H,19,20). The van der Waals surface area contributed by atoms with E-state index in [2.05, 4.69) is 10.3 Å². The zero-order valence-corrected chi connectivity index (χ0v) is 12.7. The second-order valence-electron chi connectivity index (χ2n) is 4.90. The average molecular weight is 322 g/mol. The van der Waals surface area contributed by atoms with Crippen molar-refractivity contribution in [2.45, 2.75) is 42.3 Å². The summed E-state index contributed by atoms with van der Waals surface area (Å²) in [6, 6.07) is 2.26. The van der Waals surface area contributed by atoms with E-state index in [0.29, 0.717) is 11.4 Å². The van der Waals surface area contributed by atoms with E-state index in [4.69, 9.17) is 5.11 Å². The van der Waals surface area contributed by atoms with Crippen LogP contribution >= 0.6 is 11.8 Å². The second kappa shape index (κ2) is 6.65. The number of nitrogens with zero attached hydrogens (tertiary/aromatic N) is 1. The molecule has 21 heavy (non-hydrogen) atoms. The molecule has 0 aromatic carbocycles. The van der Waals surface area contributed by atoms with Crippen LogP contribution in [-0.4, -0.2) is 33.9 Å². The van der Waals surface area contributed by atoms with Gasteiger partial charge in [0.15, 0.2) is 0 Å². The zero-order chi connectivity index (χ0) is 16.3. The molecule has 0 aliphatic heterocycles. The van der Waals surface area contributed by atoms with Crippen LogP contribution in [-0.2, 0) is 11.0 Å². The first-order chi connectivity index (χ1) is 9.58. The number of pyridine rings is 1. The van der Waals surface area contributed by atoms with Crippen LogP contribution in [0, 0.1) is 0 Å². The summed E-state index contributed by atoms with van der Waals surface area (Å²) in [7, 11) is 1.56. The highest BCUT2D eigenvalue weighted by Gasteiger charge is 2.33. The summed E-state index contributed by atoms with van der Waals surface area (Å²) in [5.41, 5.74) is -1.89. The minimum atomic E-state index is -4.41. The number of likely N-dealkylation sites (N-methyl/N-ethyl adjacent to an activating group) is 1. The first-order valence-electron chi connectivity index (χ1n) is 6.20. The Morgan fingerprint density at radius 1 is 1.48 bits per heavy atom. The van der Waals surface area contributed by atoms with Gasteiger partial charge in [0.25, 0.3) is 0 Å². The highest BCUT2D eigenvalue weighted by Crippen LogP contribution is 2.31. The third-order valence-electron chi connectivity index (χ3n) is 3.11. The Balaban J connectivity index is 2.71. The van der Waals surface area contributed by atoms with Crippen molar-refractivity contribution in [2.24, 2.45) is 0 Å². The van der Waals surface area contributed by atoms with Crippen molar-refractivity contribution in [3.8, 4) is 0 Å². The topological polar surface area (TPSA) is 62.2 Å². The van der Waals surface area contributed by atoms with Gasteiger partial charge in [-0.1, -0.05) is 6.92 Å². The summed E-state index contributed by atoms with van der Waals surface area (Å²) < 4.78 is 37.3. The molecule has 1 heterocycles. The van der Waals surface area contributed by atoms with Gasteiger partial charge >= 0.3 is 12.1 Å². The zero-order valence-electron chi connectivity index (χ0n) is 11.9. The van der Waals surface area contributed by atoms with Crippen LogP contribution in [0.25, 0.3) is 0 Å². The molecular formula is C13H17F3N2O2S. The largest absolute Gasteiger partial charge is 0.480 e. The molecule has 0 aliphatic carbocycles. The molecule has 2 unspecified atom stereocenters. The van der Waals surface area contributed by atoms with Crippen LogP contribution in [0.15, 0.2) is 23.4 Å². The first-order valence-corrected chi connectivity index (χ1v) is 7.08. The van der Waals surface area contributed by atoms with E-state index >= 15 is 0 Å². The van der Waals surface area contributed by atoms with Crippen LogP contribution in [0.3, 0.4) is 0 Å². The molecule has 1 aromatic heterocycles. The number of rotatable bonds is 6. The number of nitrogens with one attached hydrogen (secondary N) is 1. The van der Waals surface area contributed by atoms with Gasteiger partial charge in [0.05, 0.1) is 10.6 Å². The minimum Gasteiger partial charge on any atom is -0.480 e. The molecule has 0 bridgehead atoms. The maximum atomic E-state index is 12.4. The van der Waals surface area contributed by atoms with Gasteiger partial charge in [-0.25, -0.2) is 4.98 Å². The normalized spacial score (nSPS) is 16.3. The van der Waals surface area contributed by atoms with E-state index in [-0.39, 0.29) is 5.25 Å². The van der Waals surface area contributed by atoms with E-state index in [1.807, 2.05) is 6.92 Å². The summed E-state index contributed by atoms with van der Waals surface area (Å²) in [4.78, 5) is 14.9. The number of carbonyl (C=O) groups is 1. The highest BCUT2D eigenvalue weighted by molar-refractivity contribution is 7.99. The van der Waals surface area contributed by atoms with Crippen LogP contribution in [0.5, 0.6) is 0 Å². The highest BCUT2D eigenvalue weighted by atomic mass is 32.2. The van der Waals surface area contributed by atoms with Gasteiger partial charge in [-0.3, -0.25) is 4.79 Å². The van der Waals surface area contributed by atoms with Crippen molar-refractivity contribution >= 4 is 17.7 Å². The molecule has 8 heteroatoms. The number of halogens is 3. The Kier molecular flexibility index (Phi) is 5.63. The van der Waals surface area contributed by atoms with Gasteiger partial charge in [-0.15, -0.1) is 11.8 Å². The molecule has 0 radical (unpaired) electrons. The smallest absolute Gasteiger partial charge is 0.417 e. The number of hydrogen-bond donors (Lipinski definition) is 2. The van der Waals surface area contributed by atoms with E-state index in [9.17, 15) is 18.0 Å². The summed E-state index contributed by atoms with van der Waals surface area (Å²) in [5, 5.41) is 12.2. The second-order valence-corrected chi connectivity index (χ2v) is 6.36. The van der Waals surface area contributed by atoms with Gasteiger partial charge in [-0.05, 0) is 32.5 Å². The molecule has 1 rings (SSSR count). The summed E-state index contributed by atoms with van der Waals surface area (Å²) in [6.45, 7) is 3.37. The van der Waals surface area contributed by atoms with Crippen molar-refractivity contribution in [1.29, 1.82) is 0 Å². The lowest BCUT2D eigenvalue weighted by Gasteiger charge is -2.27. The van der Waals surface area contributed by atoms with Gasteiger partial charge < -0.3 is 10.4 Å². The van der Waals surface area contributed by atoms with Gasteiger partial charge in [0.2, 0.25) is 0 Å². The third kappa shape index (κ3) is 4.89. The Hall–Kier alpha value is -1.28. The Bertz CT molecular complexity index is 493. The fourth-order valence-corrected chi connectivity index (χ4v) is 2.83. The molecule has 0 aliphatic rings. The molecule has 1 aromatic rings. The van der Waals surface area contributed by atoms with Crippen LogP contribution in [0.2, 0.25) is 0 Å². The fourth-order valence-electron chi connectivity index (χ4n) is 1.74. The molecule has 4 nitrogen and oxygen atoms in total. The van der Waals surface area contributed by atoms with Crippen molar-refractivity contribution < 1.29 is 23.1 Å². The molecule has 2 atom stereocenters. The predicted molar refractivity (Wildman–Crippen MR) is 74.3 cm³/mol. The number of alkyl halides is 3.